The molecule has 0 unspecified atom stereocenters. The quantitative estimate of drug-likeness (QED) is 0.725. The Morgan fingerprint density at radius 3 is 2.80 bits per heavy atom. The molecule has 0 amide bonds. The maximum Gasteiger partial charge on any atom is 0.0926 e. The smallest absolute Gasteiger partial charge is 0.0926 e. The van der Waals surface area contributed by atoms with Crippen LogP contribution in [0.4, 0.5) is 0 Å². The predicted octanol–water partition coefficient (Wildman–Crippen LogP) is 3.49. The molecule has 1 aliphatic rings. The second-order valence-corrected chi connectivity index (χ2v) is 4.81. The van der Waals surface area contributed by atoms with Crippen LogP contribution < -0.4 is 0 Å². The fraction of sp³-hybridized carbons (Fsp3) is 0.462. The molecule has 0 bridgehead atoms. The van der Waals surface area contributed by atoms with E-state index in [1.54, 1.807) is 0 Å². The third-order valence-corrected chi connectivity index (χ3v) is 3.14. The average Bonchev–Trinajstić information content (AvgIpc) is 2.97. The van der Waals surface area contributed by atoms with E-state index >= 15 is 0 Å². The largest absolute Gasteiger partial charge is 0.268 e. The van der Waals surface area contributed by atoms with E-state index in [-0.39, 0.29) is 0 Å². The molecule has 2 heteroatoms. The van der Waals surface area contributed by atoms with E-state index < -0.39 is 0 Å². The molecular formula is C13H16N2. The van der Waals surface area contributed by atoms with Gasteiger partial charge in [0.2, 0.25) is 0 Å². The van der Waals surface area contributed by atoms with Crippen molar-refractivity contribution in [1.29, 1.82) is 0 Å². The lowest BCUT2D eigenvalue weighted by Gasteiger charge is -2.03. The van der Waals surface area contributed by atoms with Gasteiger partial charge in [-0.05, 0) is 30.4 Å². The molecule has 1 heterocycles. The monoisotopic (exact) mass is 200 g/mol. The van der Waals surface area contributed by atoms with Gasteiger partial charge >= 0.3 is 0 Å². The van der Waals surface area contributed by atoms with Crippen LogP contribution in [-0.4, -0.2) is 9.78 Å². The SMILES string of the molecule is CC(C)c1ccc2cn(C3CC3)nc2c1. The lowest BCUT2D eigenvalue weighted by Crippen LogP contribution is -1.92. The summed E-state index contributed by atoms with van der Waals surface area (Å²) in [5, 5.41) is 5.90. The van der Waals surface area contributed by atoms with Crippen molar-refractivity contribution in [3.8, 4) is 0 Å². The first kappa shape index (κ1) is 8.96. The van der Waals surface area contributed by atoms with E-state index in [1.165, 1.54) is 23.8 Å². The van der Waals surface area contributed by atoms with Crippen LogP contribution in [0.1, 0.15) is 44.2 Å². The number of benzene rings is 1. The third-order valence-electron chi connectivity index (χ3n) is 3.14. The molecule has 15 heavy (non-hydrogen) atoms. The zero-order valence-corrected chi connectivity index (χ0v) is 9.27. The highest BCUT2D eigenvalue weighted by Gasteiger charge is 2.24. The van der Waals surface area contributed by atoms with Crippen molar-refractivity contribution >= 4 is 10.9 Å². The Balaban J connectivity index is 2.09. The Morgan fingerprint density at radius 2 is 2.13 bits per heavy atom. The number of nitrogens with zero attached hydrogens (tertiary/aromatic N) is 2. The summed E-state index contributed by atoms with van der Waals surface area (Å²) in [6.45, 7) is 4.44. The zero-order valence-electron chi connectivity index (χ0n) is 9.27. The number of fused-ring (bicyclic) bond motifs is 1. The van der Waals surface area contributed by atoms with E-state index in [0.717, 1.165) is 5.52 Å². The molecule has 0 spiro atoms. The van der Waals surface area contributed by atoms with Crippen molar-refractivity contribution in [1.82, 2.24) is 9.78 Å². The van der Waals surface area contributed by atoms with Gasteiger partial charge in [-0.2, -0.15) is 5.10 Å². The van der Waals surface area contributed by atoms with Crippen LogP contribution >= 0.6 is 0 Å². The van der Waals surface area contributed by atoms with E-state index in [0.29, 0.717) is 12.0 Å². The molecule has 78 valence electrons. The number of aromatic nitrogens is 2. The minimum Gasteiger partial charge on any atom is -0.268 e. The Kier molecular flexibility index (Phi) is 1.84. The number of hydrogen-bond acceptors (Lipinski definition) is 1. The highest BCUT2D eigenvalue weighted by molar-refractivity contribution is 5.78. The standard InChI is InChI=1S/C13H16N2/c1-9(2)10-3-4-11-8-15(12-5-6-12)14-13(11)7-10/h3-4,7-9,12H,5-6H2,1-2H3. The summed E-state index contributed by atoms with van der Waals surface area (Å²) in [6.07, 6.45) is 4.77. The number of hydrogen-bond donors (Lipinski definition) is 0. The highest BCUT2D eigenvalue weighted by atomic mass is 15.3. The summed E-state index contributed by atoms with van der Waals surface area (Å²) < 4.78 is 2.13. The second kappa shape index (κ2) is 3.09. The lowest BCUT2D eigenvalue weighted by atomic mass is 10.0. The van der Waals surface area contributed by atoms with Gasteiger partial charge in [-0.3, -0.25) is 4.68 Å². The van der Waals surface area contributed by atoms with Gasteiger partial charge in [-0.15, -0.1) is 0 Å². The van der Waals surface area contributed by atoms with Crippen molar-refractivity contribution in [3.63, 3.8) is 0 Å². The summed E-state index contributed by atoms with van der Waals surface area (Å²) in [5.74, 6) is 0.584. The van der Waals surface area contributed by atoms with Crippen molar-refractivity contribution < 1.29 is 0 Å². The lowest BCUT2D eigenvalue weighted by molar-refractivity contribution is 0.649. The highest BCUT2D eigenvalue weighted by Crippen LogP contribution is 2.35. The Morgan fingerprint density at radius 1 is 1.33 bits per heavy atom. The maximum absolute atomic E-state index is 4.63. The molecule has 2 nitrogen and oxygen atoms in total. The summed E-state index contributed by atoms with van der Waals surface area (Å²) in [7, 11) is 0. The Bertz CT molecular complexity index is 492. The van der Waals surface area contributed by atoms with Gasteiger partial charge in [0.1, 0.15) is 0 Å². The molecule has 0 aliphatic heterocycles. The van der Waals surface area contributed by atoms with Gasteiger partial charge in [-0.25, -0.2) is 0 Å². The second-order valence-electron chi connectivity index (χ2n) is 4.81. The van der Waals surface area contributed by atoms with Crippen LogP contribution in [0.2, 0.25) is 0 Å². The van der Waals surface area contributed by atoms with Crippen LogP contribution in [-0.2, 0) is 0 Å². The van der Waals surface area contributed by atoms with Crippen LogP contribution in [0, 0.1) is 0 Å². The van der Waals surface area contributed by atoms with Gasteiger partial charge in [0, 0.05) is 11.6 Å². The topological polar surface area (TPSA) is 17.8 Å². The Labute approximate surface area is 89.9 Å². The Hall–Kier alpha value is -1.31. The van der Waals surface area contributed by atoms with Crippen molar-refractivity contribution in [2.24, 2.45) is 0 Å². The first-order valence-corrected chi connectivity index (χ1v) is 5.73. The van der Waals surface area contributed by atoms with Crippen LogP contribution in [0.25, 0.3) is 10.9 Å². The molecule has 2 aromatic rings. The fourth-order valence-corrected chi connectivity index (χ4v) is 1.94. The zero-order chi connectivity index (χ0) is 10.4. The van der Waals surface area contributed by atoms with Crippen LogP contribution in [0.5, 0.6) is 0 Å². The van der Waals surface area contributed by atoms with E-state index in [1.807, 2.05) is 0 Å². The summed E-state index contributed by atoms with van der Waals surface area (Å²) in [5.41, 5.74) is 2.52. The van der Waals surface area contributed by atoms with Gasteiger partial charge in [-0.1, -0.05) is 26.0 Å². The van der Waals surface area contributed by atoms with Crippen LogP contribution in [0.3, 0.4) is 0 Å². The average molecular weight is 200 g/mol. The molecule has 1 saturated carbocycles. The molecule has 1 aliphatic carbocycles. The third kappa shape index (κ3) is 1.54. The molecule has 0 atom stereocenters. The first-order chi connectivity index (χ1) is 7.24. The summed E-state index contributed by atoms with van der Waals surface area (Å²) >= 11 is 0. The van der Waals surface area contributed by atoms with Crippen molar-refractivity contribution in [3.05, 3.63) is 30.0 Å². The molecule has 0 saturated heterocycles. The van der Waals surface area contributed by atoms with E-state index in [9.17, 15) is 0 Å². The molecule has 1 fully saturated rings. The summed E-state index contributed by atoms with van der Waals surface area (Å²) in [4.78, 5) is 0. The molecule has 1 aromatic heterocycles. The summed E-state index contributed by atoms with van der Waals surface area (Å²) in [6, 6.07) is 7.31. The van der Waals surface area contributed by atoms with Crippen molar-refractivity contribution in [2.75, 3.05) is 0 Å². The first-order valence-electron chi connectivity index (χ1n) is 5.73. The fourth-order valence-electron chi connectivity index (χ4n) is 1.94. The molecule has 1 aromatic carbocycles. The van der Waals surface area contributed by atoms with Gasteiger partial charge < -0.3 is 0 Å². The van der Waals surface area contributed by atoms with Crippen LogP contribution in [0.15, 0.2) is 24.4 Å². The van der Waals surface area contributed by atoms with Gasteiger partial charge in [0.25, 0.3) is 0 Å². The van der Waals surface area contributed by atoms with Gasteiger partial charge in [0.05, 0.1) is 11.6 Å². The molecule has 0 radical (unpaired) electrons. The maximum atomic E-state index is 4.63. The minimum atomic E-state index is 0.584. The predicted molar refractivity (Wildman–Crippen MR) is 62.1 cm³/mol. The van der Waals surface area contributed by atoms with E-state index in [2.05, 4.69) is 48.0 Å². The molecular weight excluding hydrogens is 184 g/mol. The molecule has 3 rings (SSSR count). The molecule has 0 N–H and O–H groups in total. The normalized spacial score (nSPS) is 16.5. The van der Waals surface area contributed by atoms with E-state index in [4.69, 9.17) is 0 Å². The van der Waals surface area contributed by atoms with Gasteiger partial charge in [0.15, 0.2) is 0 Å². The number of rotatable bonds is 2. The van der Waals surface area contributed by atoms with Crippen molar-refractivity contribution in [2.45, 2.75) is 38.6 Å². The minimum absolute atomic E-state index is 0.584.